The van der Waals surface area contributed by atoms with Crippen molar-refractivity contribution in [3.05, 3.63) is 33.9 Å². The summed E-state index contributed by atoms with van der Waals surface area (Å²) in [6.07, 6.45) is -0.860. The summed E-state index contributed by atoms with van der Waals surface area (Å²) in [4.78, 5) is 10.1. The van der Waals surface area contributed by atoms with Gasteiger partial charge in [0.1, 0.15) is 5.75 Å². The Bertz CT molecular complexity index is 349. The van der Waals surface area contributed by atoms with E-state index in [-0.39, 0.29) is 11.3 Å². The van der Waals surface area contributed by atoms with E-state index in [0.717, 1.165) is 0 Å². The lowest BCUT2D eigenvalue weighted by Crippen LogP contribution is -1.99. The Labute approximate surface area is 81.1 Å². The average Bonchev–Trinajstić information content (AvgIpc) is 2.16. The zero-order valence-electron chi connectivity index (χ0n) is 7.93. The number of hydrogen-bond donors (Lipinski definition) is 1. The summed E-state index contributed by atoms with van der Waals surface area (Å²) in [5.41, 5.74) is 0.162. The molecule has 14 heavy (non-hydrogen) atoms. The maximum absolute atomic E-state index is 10.6. The number of nitrogens with zero attached hydrogens (tertiary/aromatic N) is 1. The van der Waals surface area contributed by atoms with Gasteiger partial charge >= 0.3 is 0 Å². The van der Waals surface area contributed by atoms with E-state index in [2.05, 4.69) is 0 Å². The van der Waals surface area contributed by atoms with Gasteiger partial charge in [0.05, 0.1) is 29.8 Å². The van der Waals surface area contributed by atoms with Gasteiger partial charge in [0.25, 0.3) is 5.69 Å². The molecule has 0 aliphatic carbocycles. The third kappa shape index (κ3) is 2.00. The van der Waals surface area contributed by atoms with Crippen LogP contribution in [0.4, 0.5) is 5.69 Å². The summed E-state index contributed by atoms with van der Waals surface area (Å²) in [6.45, 7) is 1.48. The molecule has 1 N–H and O–H groups in total. The summed E-state index contributed by atoms with van der Waals surface area (Å²) in [5, 5.41) is 19.9. The molecule has 0 aliphatic heterocycles. The van der Waals surface area contributed by atoms with Gasteiger partial charge in [0.15, 0.2) is 0 Å². The molecule has 0 heterocycles. The zero-order chi connectivity index (χ0) is 10.7. The molecule has 0 unspecified atom stereocenters. The van der Waals surface area contributed by atoms with Gasteiger partial charge in [-0.05, 0) is 19.1 Å². The summed E-state index contributed by atoms with van der Waals surface area (Å²) < 4.78 is 4.85. The van der Waals surface area contributed by atoms with Gasteiger partial charge in [-0.15, -0.1) is 0 Å². The van der Waals surface area contributed by atoms with E-state index in [1.807, 2.05) is 0 Å². The molecular weight excluding hydrogens is 186 g/mol. The Balaban J connectivity index is 3.24. The van der Waals surface area contributed by atoms with Crippen molar-refractivity contribution in [2.75, 3.05) is 7.11 Å². The van der Waals surface area contributed by atoms with Crippen LogP contribution in [0, 0.1) is 10.1 Å². The maximum atomic E-state index is 10.6. The molecule has 0 bridgehead atoms. The normalized spacial score (nSPS) is 12.2. The van der Waals surface area contributed by atoms with Crippen LogP contribution in [0.3, 0.4) is 0 Å². The Morgan fingerprint density at radius 2 is 2.21 bits per heavy atom. The number of benzene rings is 1. The number of ether oxygens (including phenoxy) is 1. The van der Waals surface area contributed by atoms with Crippen molar-refractivity contribution in [3.63, 3.8) is 0 Å². The van der Waals surface area contributed by atoms with E-state index in [1.165, 1.54) is 26.2 Å². The van der Waals surface area contributed by atoms with Crippen LogP contribution in [-0.4, -0.2) is 17.1 Å². The van der Waals surface area contributed by atoms with Crippen LogP contribution >= 0.6 is 0 Å². The first-order valence-electron chi connectivity index (χ1n) is 4.06. The minimum Gasteiger partial charge on any atom is -0.497 e. The minimum absolute atomic E-state index is 0.126. The van der Waals surface area contributed by atoms with Gasteiger partial charge in [-0.1, -0.05) is 0 Å². The molecule has 0 amide bonds. The highest BCUT2D eigenvalue weighted by atomic mass is 16.6. The van der Waals surface area contributed by atoms with E-state index in [1.54, 1.807) is 6.07 Å². The van der Waals surface area contributed by atoms with Gasteiger partial charge in [-0.3, -0.25) is 10.1 Å². The average molecular weight is 197 g/mol. The van der Waals surface area contributed by atoms with Gasteiger partial charge in [0, 0.05) is 0 Å². The highest BCUT2D eigenvalue weighted by molar-refractivity contribution is 5.46. The fourth-order valence-electron chi connectivity index (χ4n) is 1.16. The zero-order valence-corrected chi connectivity index (χ0v) is 7.93. The lowest BCUT2D eigenvalue weighted by molar-refractivity contribution is -0.386. The second-order valence-corrected chi connectivity index (χ2v) is 2.86. The Kier molecular flexibility index (Phi) is 3.03. The van der Waals surface area contributed by atoms with Gasteiger partial charge in [-0.25, -0.2) is 0 Å². The summed E-state index contributed by atoms with van der Waals surface area (Å²) >= 11 is 0. The fourth-order valence-corrected chi connectivity index (χ4v) is 1.16. The van der Waals surface area contributed by atoms with Crippen LogP contribution in [-0.2, 0) is 0 Å². The molecule has 1 aromatic rings. The van der Waals surface area contributed by atoms with Crippen LogP contribution in [0.25, 0.3) is 0 Å². The van der Waals surface area contributed by atoms with Crippen LogP contribution in [0.5, 0.6) is 5.75 Å². The molecule has 0 saturated heterocycles. The van der Waals surface area contributed by atoms with Crippen molar-refractivity contribution >= 4 is 5.69 Å². The van der Waals surface area contributed by atoms with E-state index < -0.39 is 11.0 Å². The molecule has 1 atom stereocenters. The molecule has 0 fully saturated rings. The number of aliphatic hydroxyl groups excluding tert-OH is 1. The predicted molar refractivity (Wildman–Crippen MR) is 50.3 cm³/mol. The van der Waals surface area contributed by atoms with Crippen molar-refractivity contribution in [2.24, 2.45) is 0 Å². The number of nitro benzene ring substituents is 1. The van der Waals surface area contributed by atoms with Crippen LogP contribution < -0.4 is 4.74 Å². The number of methoxy groups -OCH3 is 1. The van der Waals surface area contributed by atoms with E-state index in [4.69, 9.17) is 4.74 Å². The smallest absolute Gasteiger partial charge is 0.278 e. The van der Waals surface area contributed by atoms with Crippen molar-refractivity contribution in [2.45, 2.75) is 13.0 Å². The first kappa shape index (κ1) is 10.5. The monoisotopic (exact) mass is 197 g/mol. The van der Waals surface area contributed by atoms with Crippen molar-refractivity contribution in [3.8, 4) is 5.75 Å². The van der Waals surface area contributed by atoms with E-state index in [0.29, 0.717) is 5.75 Å². The Morgan fingerprint density at radius 3 is 2.64 bits per heavy atom. The Morgan fingerprint density at radius 1 is 1.57 bits per heavy atom. The van der Waals surface area contributed by atoms with Crippen molar-refractivity contribution in [1.29, 1.82) is 0 Å². The second-order valence-electron chi connectivity index (χ2n) is 2.86. The summed E-state index contributed by atoms with van der Waals surface area (Å²) in [6, 6.07) is 4.36. The molecule has 76 valence electrons. The molecule has 1 rings (SSSR count). The van der Waals surface area contributed by atoms with Gasteiger partial charge < -0.3 is 9.84 Å². The lowest BCUT2D eigenvalue weighted by atomic mass is 10.1. The quantitative estimate of drug-likeness (QED) is 0.590. The highest BCUT2D eigenvalue weighted by Crippen LogP contribution is 2.28. The highest BCUT2D eigenvalue weighted by Gasteiger charge is 2.18. The molecular formula is C9H11NO4. The topological polar surface area (TPSA) is 72.6 Å². The first-order chi connectivity index (χ1) is 6.56. The SMILES string of the molecule is COc1ccc([C@H](C)O)c([N+](=O)[O-])c1. The van der Waals surface area contributed by atoms with Gasteiger partial charge in [-0.2, -0.15) is 0 Å². The van der Waals surface area contributed by atoms with E-state index >= 15 is 0 Å². The standard InChI is InChI=1S/C9H11NO4/c1-6(11)8-4-3-7(14-2)5-9(8)10(12)13/h3-6,11H,1-2H3/t6-/m0/s1. The third-order valence-electron chi connectivity index (χ3n) is 1.88. The molecule has 0 saturated carbocycles. The van der Waals surface area contributed by atoms with Crippen LogP contribution in [0.2, 0.25) is 0 Å². The minimum atomic E-state index is -0.860. The number of rotatable bonds is 3. The molecule has 5 nitrogen and oxygen atoms in total. The summed E-state index contributed by atoms with van der Waals surface area (Å²) in [7, 11) is 1.43. The van der Waals surface area contributed by atoms with Crippen LogP contribution in [0.15, 0.2) is 18.2 Å². The first-order valence-corrected chi connectivity index (χ1v) is 4.06. The number of aliphatic hydroxyl groups is 1. The van der Waals surface area contributed by atoms with Crippen molar-refractivity contribution < 1.29 is 14.8 Å². The van der Waals surface area contributed by atoms with Crippen LogP contribution in [0.1, 0.15) is 18.6 Å². The largest absolute Gasteiger partial charge is 0.497 e. The van der Waals surface area contributed by atoms with E-state index in [9.17, 15) is 15.2 Å². The fraction of sp³-hybridized carbons (Fsp3) is 0.333. The summed E-state index contributed by atoms with van der Waals surface area (Å²) in [5.74, 6) is 0.404. The number of hydrogen-bond acceptors (Lipinski definition) is 4. The Hall–Kier alpha value is -1.62. The molecule has 0 radical (unpaired) electrons. The molecule has 0 aromatic heterocycles. The van der Waals surface area contributed by atoms with Gasteiger partial charge in [0.2, 0.25) is 0 Å². The van der Waals surface area contributed by atoms with Crippen molar-refractivity contribution in [1.82, 2.24) is 0 Å². The molecule has 5 heteroatoms. The molecule has 0 aliphatic rings. The number of nitro groups is 1. The second kappa shape index (κ2) is 4.06. The lowest BCUT2D eigenvalue weighted by Gasteiger charge is -2.06. The molecule has 1 aromatic carbocycles. The third-order valence-corrected chi connectivity index (χ3v) is 1.88. The predicted octanol–water partition coefficient (Wildman–Crippen LogP) is 1.66. The maximum Gasteiger partial charge on any atom is 0.278 e. The molecule has 0 spiro atoms.